The summed E-state index contributed by atoms with van der Waals surface area (Å²) in [5.74, 6) is -0.0681. The lowest BCUT2D eigenvalue weighted by Crippen LogP contribution is -2.13. The zero-order valence-corrected chi connectivity index (χ0v) is 14.8. The third-order valence-electron chi connectivity index (χ3n) is 3.93. The van der Waals surface area contributed by atoms with Crippen LogP contribution in [0, 0.1) is 6.57 Å². The molecule has 1 N–H and O–H groups in total. The van der Waals surface area contributed by atoms with Gasteiger partial charge in [-0.1, -0.05) is 41.9 Å². The Bertz CT molecular complexity index is 941. The highest BCUT2D eigenvalue weighted by Gasteiger charge is 2.08. The van der Waals surface area contributed by atoms with Gasteiger partial charge in [-0.25, -0.2) is 9.83 Å². The molecule has 0 saturated carbocycles. The molecule has 0 radical (unpaired) electrons. The molecule has 5 nitrogen and oxygen atoms in total. The Morgan fingerprint density at radius 3 is 2.77 bits per heavy atom. The molecule has 0 spiro atoms. The molecule has 0 bridgehead atoms. The van der Waals surface area contributed by atoms with Crippen LogP contribution in [0.3, 0.4) is 0 Å². The lowest BCUT2D eigenvalue weighted by atomic mass is 10.2. The molecule has 2 aromatic carbocycles. The number of nitrogens with one attached hydrogen (secondary N) is 1. The molecule has 0 aliphatic rings. The van der Waals surface area contributed by atoms with Crippen LogP contribution in [0.1, 0.15) is 17.7 Å². The van der Waals surface area contributed by atoms with E-state index in [1.54, 1.807) is 48.9 Å². The first-order valence-corrected chi connectivity index (χ1v) is 8.52. The SMILES string of the molecule is [C-]#[N+]c1ccc(Cn2cncc2CCC(=O)Nc2cccc(Cl)c2)cc1. The Hall–Kier alpha value is -3.10. The van der Waals surface area contributed by atoms with Crippen LogP contribution in [0.25, 0.3) is 4.85 Å². The van der Waals surface area contributed by atoms with Crippen LogP contribution in [-0.2, 0) is 17.8 Å². The van der Waals surface area contributed by atoms with E-state index in [1.807, 2.05) is 16.7 Å². The second kappa shape index (κ2) is 8.32. The van der Waals surface area contributed by atoms with Crippen LogP contribution < -0.4 is 5.32 Å². The fourth-order valence-electron chi connectivity index (χ4n) is 2.60. The van der Waals surface area contributed by atoms with E-state index in [0.29, 0.717) is 35.8 Å². The zero-order chi connectivity index (χ0) is 18.4. The maximum absolute atomic E-state index is 12.1. The maximum Gasteiger partial charge on any atom is 0.224 e. The highest BCUT2D eigenvalue weighted by Crippen LogP contribution is 2.16. The second-order valence-corrected chi connectivity index (χ2v) is 6.29. The Morgan fingerprint density at radius 2 is 2.04 bits per heavy atom. The maximum atomic E-state index is 12.1. The van der Waals surface area contributed by atoms with E-state index in [0.717, 1.165) is 11.3 Å². The van der Waals surface area contributed by atoms with E-state index < -0.39 is 0 Å². The van der Waals surface area contributed by atoms with E-state index in [2.05, 4.69) is 15.1 Å². The van der Waals surface area contributed by atoms with Gasteiger partial charge in [-0.05, 0) is 30.2 Å². The summed E-state index contributed by atoms with van der Waals surface area (Å²) >= 11 is 5.92. The molecule has 1 heterocycles. The fraction of sp³-hybridized carbons (Fsp3) is 0.150. The molecule has 26 heavy (non-hydrogen) atoms. The van der Waals surface area contributed by atoms with Crippen molar-refractivity contribution < 1.29 is 4.79 Å². The number of rotatable bonds is 6. The van der Waals surface area contributed by atoms with Crippen LogP contribution >= 0.6 is 11.6 Å². The van der Waals surface area contributed by atoms with Crippen LogP contribution in [0.15, 0.2) is 61.1 Å². The summed E-state index contributed by atoms with van der Waals surface area (Å²) in [7, 11) is 0. The molecule has 0 aliphatic heterocycles. The standard InChI is InChI=1S/C20H17ClN4O/c1-22-17-7-5-15(6-8-17)13-25-14-23-12-19(25)9-10-20(26)24-18-4-2-3-16(21)11-18/h2-8,11-12,14H,9-10,13H2,(H,24,26). The average Bonchev–Trinajstić information content (AvgIpc) is 3.08. The van der Waals surface area contributed by atoms with Crippen LogP contribution in [-0.4, -0.2) is 15.5 Å². The van der Waals surface area contributed by atoms with Gasteiger partial charge in [-0.3, -0.25) is 4.79 Å². The van der Waals surface area contributed by atoms with E-state index in [9.17, 15) is 4.79 Å². The van der Waals surface area contributed by atoms with Crippen molar-refractivity contribution in [3.63, 3.8) is 0 Å². The Morgan fingerprint density at radius 1 is 1.23 bits per heavy atom. The third-order valence-corrected chi connectivity index (χ3v) is 4.17. The van der Waals surface area contributed by atoms with Crippen molar-refractivity contribution in [2.75, 3.05) is 5.32 Å². The predicted octanol–water partition coefficient (Wildman–Crippen LogP) is 4.71. The molecular weight excluding hydrogens is 348 g/mol. The lowest BCUT2D eigenvalue weighted by Gasteiger charge is -2.09. The van der Waals surface area contributed by atoms with Crippen LogP contribution in [0.4, 0.5) is 11.4 Å². The van der Waals surface area contributed by atoms with Crippen LogP contribution in [0.2, 0.25) is 5.02 Å². The molecule has 130 valence electrons. The van der Waals surface area contributed by atoms with E-state index in [1.165, 1.54) is 0 Å². The molecule has 0 unspecified atom stereocenters. The van der Waals surface area contributed by atoms with Gasteiger partial charge in [0, 0.05) is 35.6 Å². The van der Waals surface area contributed by atoms with Gasteiger partial charge in [0.05, 0.1) is 12.9 Å². The van der Waals surface area contributed by atoms with Gasteiger partial charge in [0.2, 0.25) is 5.91 Å². The highest BCUT2D eigenvalue weighted by atomic mass is 35.5. The number of carbonyl (C=O) groups is 1. The van der Waals surface area contributed by atoms with E-state index in [4.69, 9.17) is 18.2 Å². The van der Waals surface area contributed by atoms with Gasteiger partial charge >= 0.3 is 0 Å². The summed E-state index contributed by atoms with van der Waals surface area (Å²) in [5.41, 5.74) is 3.38. The first kappa shape index (κ1) is 17.7. The molecule has 0 aliphatic carbocycles. The molecule has 3 rings (SSSR count). The van der Waals surface area contributed by atoms with Gasteiger partial charge in [0.1, 0.15) is 0 Å². The fourth-order valence-corrected chi connectivity index (χ4v) is 2.79. The Kier molecular flexibility index (Phi) is 5.67. The van der Waals surface area contributed by atoms with Gasteiger partial charge in [0.25, 0.3) is 0 Å². The van der Waals surface area contributed by atoms with Crippen molar-refractivity contribution in [3.05, 3.63) is 88.8 Å². The Balaban J connectivity index is 1.58. The lowest BCUT2D eigenvalue weighted by molar-refractivity contribution is -0.116. The van der Waals surface area contributed by atoms with Gasteiger partial charge in [0.15, 0.2) is 5.69 Å². The van der Waals surface area contributed by atoms with Crippen molar-refractivity contribution in [3.8, 4) is 0 Å². The van der Waals surface area contributed by atoms with E-state index in [-0.39, 0.29) is 5.91 Å². The molecule has 3 aromatic rings. The van der Waals surface area contributed by atoms with Crippen molar-refractivity contribution >= 4 is 28.9 Å². The quantitative estimate of drug-likeness (QED) is 0.644. The first-order valence-electron chi connectivity index (χ1n) is 8.15. The zero-order valence-electron chi connectivity index (χ0n) is 14.0. The number of hydrogen-bond donors (Lipinski definition) is 1. The molecule has 0 fully saturated rings. The monoisotopic (exact) mass is 364 g/mol. The number of carbonyl (C=O) groups excluding carboxylic acids is 1. The topological polar surface area (TPSA) is 51.3 Å². The summed E-state index contributed by atoms with van der Waals surface area (Å²) in [6.45, 7) is 7.65. The number of aryl methyl sites for hydroxylation is 1. The number of imidazole rings is 1. The molecule has 1 amide bonds. The van der Waals surface area contributed by atoms with Crippen molar-refractivity contribution in [2.24, 2.45) is 0 Å². The van der Waals surface area contributed by atoms with Gasteiger partial charge < -0.3 is 9.88 Å². The summed E-state index contributed by atoms with van der Waals surface area (Å²) in [6, 6.07) is 14.6. The summed E-state index contributed by atoms with van der Waals surface area (Å²) in [6.07, 6.45) is 4.48. The highest BCUT2D eigenvalue weighted by molar-refractivity contribution is 6.30. The molecule has 6 heteroatoms. The second-order valence-electron chi connectivity index (χ2n) is 5.85. The molecule has 0 saturated heterocycles. The van der Waals surface area contributed by atoms with Gasteiger partial charge in [-0.2, -0.15) is 0 Å². The average molecular weight is 365 g/mol. The van der Waals surface area contributed by atoms with Crippen LogP contribution in [0.5, 0.6) is 0 Å². The number of aromatic nitrogens is 2. The van der Waals surface area contributed by atoms with Gasteiger partial charge in [-0.15, -0.1) is 0 Å². The number of hydrogen-bond acceptors (Lipinski definition) is 2. The van der Waals surface area contributed by atoms with E-state index >= 15 is 0 Å². The van der Waals surface area contributed by atoms with Crippen molar-refractivity contribution in [1.29, 1.82) is 0 Å². The number of halogens is 1. The van der Waals surface area contributed by atoms with Crippen molar-refractivity contribution in [2.45, 2.75) is 19.4 Å². The summed E-state index contributed by atoms with van der Waals surface area (Å²) in [4.78, 5) is 19.7. The Labute approximate surface area is 157 Å². The minimum Gasteiger partial charge on any atom is -0.330 e. The minimum atomic E-state index is -0.0681. The molecular formula is C20H17ClN4O. The minimum absolute atomic E-state index is 0.0681. The predicted molar refractivity (Wildman–Crippen MR) is 102 cm³/mol. The van der Waals surface area contributed by atoms with Crippen molar-refractivity contribution in [1.82, 2.24) is 9.55 Å². The number of anilines is 1. The number of amides is 1. The normalized spacial score (nSPS) is 10.3. The third kappa shape index (κ3) is 4.71. The molecule has 1 aromatic heterocycles. The summed E-state index contributed by atoms with van der Waals surface area (Å²) in [5, 5.41) is 3.43. The number of benzene rings is 2. The summed E-state index contributed by atoms with van der Waals surface area (Å²) < 4.78 is 2.01. The number of nitrogens with zero attached hydrogens (tertiary/aromatic N) is 3. The smallest absolute Gasteiger partial charge is 0.224 e. The molecule has 0 atom stereocenters. The first-order chi connectivity index (χ1) is 12.6. The largest absolute Gasteiger partial charge is 0.330 e.